The van der Waals surface area contributed by atoms with E-state index in [1.165, 1.54) is 0 Å². The summed E-state index contributed by atoms with van der Waals surface area (Å²) in [5, 5.41) is 8.38. The van der Waals surface area contributed by atoms with Crippen molar-refractivity contribution in [3.63, 3.8) is 0 Å². The normalized spacial score (nSPS) is 19.8. The molecule has 0 bridgehead atoms. The lowest BCUT2D eigenvalue weighted by atomic mass is 9.96. The van der Waals surface area contributed by atoms with E-state index >= 15 is 0 Å². The SMILES string of the molecule is COc1ccc(C2Oc3ccc(Cl)cc3C3CC(c4ccc(Cl)cc4)=NN32)cc1. The molecule has 0 aromatic heterocycles. The Bertz CT molecular complexity index is 1080. The van der Waals surface area contributed by atoms with Crippen LogP contribution in [-0.2, 0) is 0 Å². The van der Waals surface area contributed by atoms with Crippen LogP contribution in [0.1, 0.15) is 35.4 Å². The van der Waals surface area contributed by atoms with Crippen molar-refractivity contribution in [2.75, 3.05) is 7.11 Å². The molecule has 2 aliphatic heterocycles. The molecule has 3 aromatic carbocycles. The highest BCUT2D eigenvalue weighted by Gasteiger charge is 2.41. The van der Waals surface area contributed by atoms with Crippen LogP contribution >= 0.6 is 23.2 Å². The van der Waals surface area contributed by atoms with Gasteiger partial charge in [-0.3, -0.25) is 0 Å². The Balaban J connectivity index is 1.58. The molecular weight excluding hydrogens is 407 g/mol. The minimum atomic E-state index is -0.329. The van der Waals surface area contributed by atoms with Gasteiger partial charge in [-0.1, -0.05) is 35.3 Å². The minimum Gasteiger partial charge on any atom is -0.497 e. The highest BCUT2D eigenvalue weighted by Crippen LogP contribution is 2.48. The zero-order chi connectivity index (χ0) is 20.0. The predicted octanol–water partition coefficient (Wildman–Crippen LogP) is 6.24. The van der Waals surface area contributed by atoms with E-state index in [1.54, 1.807) is 7.11 Å². The van der Waals surface area contributed by atoms with Gasteiger partial charge in [0.15, 0.2) is 0 Å². The maximum absolute atomic E-state index is 6.36. The first-order valence-corrected chi connectivity index (χ1v) is 10.1. The maximum atomic E-state index is 6.36. The van der Waals surface area contributed by atoms with Gasteiger partial charge in [0.25, 0.3) is 0 Å². The second-order valence-electron chi connectivity index (χ2n) is 7.08. The van der Waals surface area contributed by atoms with Crippen LogP contribution in [0.4, 0.5) is 0 Å². The molecule has 2 unspecified atom stereocenters. The Hall–Kier alpha value is -2.69. The van der Waals surface area contributed by atoms with Crippen molar-refractivity contribution in [3.8, 4) is 11.5 Å². The first kappa shape index (κ1) is 18.3. The average Bonchev–Trinajstić information content (AvgIpc) is 3.20. The largest absolute Gasteiger partial charge is 0.497 e. The smallest absolute Gasteiger partial charge is 0.213 e. The Kier molecular flexibility index (Phi) is 4.61. The topological polar surface area (TPSA) is 34.1 Å². The van der Waals surface area contributed by atoms with Crippen molar-refractivity contribution in [1.82, 2.24) is 5.01 Å². The summed E-state index contributed by atoms with van der Waals surface area (Å²) in [4.78, 5) is 0. The quantitative estimate of drug-likeness (QED) is 0.498. The van der Waals surface area contributed by atoms with E-state index in [4.69, 9.17) is 37.8 Å². The zero-order valence-electron chi connectivity index (χ0n) is 15.7. The van der Waals surface area contributed by atoms with E-state index in [-0.39, 0.29) is 12.3 Å². The molecule has 0 amide bonds. The monoisotopic (exact) mass is 424 g/mol. The molecule has 0 spiro atoms. The first-order valence-electron chi connectivity index (χ1n) is 9.34. The number of methoxy groups -OCH3 is 1. The fraction of sp³-hybridized carbons (Fsp3) is 0.174. The number of ether oxygens (including phenoxy) is 2. The van der Waals surface area contributed by atoms with Crippen molar-refractivity contribution in [2.24, 2.45) is 5.10 Å². The fourth-order valence-electron chi connectivity index (χ4n) is 3.86. The molecule has 2 heterocycles. The first-order chi connectivity index (χ1) is 14.1. The highest BCUT2D eigenvalue weighted by molar-refractivity contribution is 6.31. The highest BCUT2D eigenvalue weighted by atomic mass is 35.5. The van der Waals surface area contributed by atoms with Gasteiger partial charge in [-0.15, -0.1) is 0 Å². The average molecular weight is 425 g/mol. The van der Waals surface area contributed by atoms with Gasteiger partial charge in [0, 0.05) is 27.6 Å². The number of hydrogen-bond donors (Lipinski definition) is 0. The molecule has 146 valence electrons. The molecule has 0 N–H and O–H groups in total. The summed E-state index contributed by atoms with van der Waals surface area (Å²) < 4.78 is 11.7. The van der Waals surface area contributed by atoms with Gasteiger partial charge in [0.1, 0.15) is 11.5 Å². The fourth-order valence-corrected chi connectivity index (χ4v) is 4.17. The van der Waals surface area contributed by atoms with Gasteiger partial charge in [0.05, 0.1) is 18.9 Å². The predicted molar refractivity (Wildman–Crippen MR) is 115 cm³/mol. The van der Waals surface area contributed by atoms with Crippen LogP contribution in [0.3, 0.4) is 0 Å². The van der Waals surface area contributed by atoms with Crippen LogP contribution < -0.4 is 9.47 Å². The molecule has 6 heteroatoms. The molecule has 0 saturated heterocycles. The molecule has 4 nitrogen and oxygen atoms in total. The Morgan fingerprint density at radius 3 is 2.41 bits per heavy atom. The summed E-state index contributed by atoms with van der Waals surface area (Å²) in [5.74, 6) is 1.64. The lowest BCUT2D eigenvalue weighted by molar-refractivity contribution is -0.0190. The lowest BCUT2D eigenvalue weighted by Gasteiger charge is -2.38. The van der Waals surface area contributed by atoms with E-state index < -0.39 is 0 Å². The van der Waals surface area contributed by atoms with Gasteiger partial charge in [-0.2, -0.15) is 5.10 Å². The van der Waals surface area contributed by atoms with Crippen molar-refractivity contribution in [3.05, 3.63) is 93.5 Å². The number of nitrogens with zero attached hydrogens (tertiary/aromatic N) is 2. The molecule has 0 radical (unpaired) electrons. The van der Waals surface area contributed by atoms with Gasteiger partial charge in [0.2, 0.25) is 6.23 Å². The van der Waals surface area contributed by atoms with E-state index in [0.717, 1.165) is 40.3 Å². The molecule has 29 heavy (non-hydrogen) atoms. The van der Waals surface area contributed by atoms with Crippen LogP contribution in [0.15, 0.2) is 71.8 Å². The summed E-state index contributed by atoms with van der Waals surface area (Å²) in [6.07, 6.45) is 0.440. The number of benzene rings is 3. The number of halogens is 2. The van der Waals surface area contributed by atoms with Gasteiger partial charge < -0.3 is 9.47 Å². The van der Waals surface area contributed by atoms with Crippen LogP contribution in [0.5, 0.6) is 11.5 Å². The standard InChI is InChI=1S/C23H18Cl2N2O2/c1-28-18-9-4-15(5-10-18)23-27-21(19-12-17(25)8-11-22(19)29-23)13-20(26-27)14-2-6-16(24)7-3-14/h2-12,21,23H,13H2,1H3. The number of hydrogen-bond acceptors (Lipinski definition) is 4. The van der Waals surface area contributed by atoms with Crippen molar-refractivity contribution in [1.29, 1.82) is 0 Å². The third kappa shape index (κ3) is 3.33. The van der Waals surface area contributed by atoms with Crippen LogP contribution in [-0.4, -0.2) is 17.8 Å². The summed E-state index contributed by atoms with van der Waals surface area (Å²) in [6.45, 7) is 0. The zero-order valence-corrected chi connectivity index (χ0v) is 17.2. The van der Waals surface area contributed by atoms with E-state index in [0.29, 0.717) is 10.0 Å². The van der Waals surface area contributed by atoms with Crippen LogP contribution in [0.25, 0.3) is 0 Å². The summed E-state index contributed by atoms with van der Waals surface area (Å²) in [6, 6.07) is 21.5. The Labute approximate surface area is 179 Å². The molecule has 0 saturated carbocycles. The molecule has 2 atom stereocenters. The molecule has 3 aromatic rings. The van der Waals surface area contributed by atoms with Crippen LogP contribution in [0, 0.1) is 0 Å². The molecule has 0 aliphatic carbocycles. The number of fused-ring (bicyclic) bond motifs is 3. The number of rotatable bonds is 3. The van der Waals surface area contributed by atoms with E-state index in [9.17, 15) is 0 Å². The molecule has 5 rings (SSSR count). The van der Waals surface area contributed by atoms with Crippen LogP contribution in [0.2, 0.25) is 10.0 Å². The molecule has 0 fully saturated rings. The summed E-state index contributed by atoms with van der Waals surface area (Å²) in [5.41, 5.74) is 4.12. The second kappa shape index (κ2) is 7.29. The summed E-state index contributed by atoms with van der Waals surface area (Å²) >= 11 is 12.3. The Morgan fingerprint density at radius 1 is 0.966 bits per heavy atom. The molecule has 2 aliphatic rings. The van der Waals surface area contributed by atoms with E-state index in [1.807, 2.05) is 71.7 Å². The van der Waals surface area contributed by atoms with Gasteiger partial charge in [-0.25, -0.2) is 5.01 Å². The van der Waals surface area contributed by atoms with Gasteiger partial charge in [-0.05, 0) is 60.2 Å². The van der Waals surface area contributed by atoms with Crippen molar-refractivity contribution < 1.29 is 9.47 Å². The lowest BCUT2D eigenvalue weighted by Crippen LogP contribution is -2.33. The van der Waals surface area contributed by atoms with Crippen molar-refractivity contribution in [2.45, 2.75) is 18.7 Å². The van der Waals surface area contributed by atoms with Gasteiger partial charge >= 0.3 is 0 Å². The third-order valence-corrected chi connectivity index (χ3v) is 5.82. The third-order valence-electron chi connectivity index (χ3n) is 5.33. The molecular formula is C23H18Cl2N2O2. The summed E-state index contributed by atoms with van der Waals surface area (Å²) in [7, 11) is 1.66. The second-order valence-corrected chi connectivity index (χ2v) is 7.95. The Morgan fingerprint density at radius 2 is 1.69 bits per heavy atom. The van der Waals surface area contributed by atoms with E-state index in [2.05, 4.69) is 0 Å². The number of hydrazone groups is 1. The minimum absolute atomic E-state index is 0.0511. The van der Waals surface area contributed by atoms with Crippen molar-refractivity contribution >= 4 is 28.9 Å². The maximum Gasteiger partial charge on any atom is 0.213 e.